The first kappa shape index (κ1) is 15.4. The van der Waals surface area contributed by atoms with Crippen molar-refractivity contribution in [2.24, 2.45) is 5.92 Å². The maximum absolute atomic E-state index is 12.0. The first-order valence-corrected chi connectivity index (χ1v) is 6.38. The molecule has 5 heteroatoms. The third-order valence-corrected chi connectivity index (χ3v) is 2.97. The van der Waals surface area contributed by atoms with E-state index in [0.29, 0.717) is 6.54 Å². The second kappa shape index (κ2) is 7.71. The van der Waals surface area contributed by atoms with E-state index in [9.17, 15) is 13.6 Å². The van der Waals surface area contributed by atoms with Gasteiger partial charge >= 0.3 is 6.61 Å². The van der Waals surface area contributed by atoms with Crippen LogP contribution >= 0.6 is 0 Å². The van der Waals surface area contributed by atoms with Gasteiger partial charge in [-0.3, -0.25) is 4.79 Å². The molecule has 1 aromatic rings. The van der Waals surface area contributed by atoms with Gasteiger partial charge in [0.05, 0.1) is 0 Å². The van der Waals surface area contributed by atoms with Crippen molar-refractivity contribution >= 4 is 5.91 Å². The zero-order valence-electron chi connectivity index (χ0n) is 11.2. The Morgan fingerprint density at radius 1 is 1.21 bits per heavy atom. The lowest BCUT2D eigenvalue weighted by molar-refractivity contribution is -0.125. The Balaban J connectivity index is 2.47. The van der Waals surface area contributed by atoms with E-state index >= 15 is 0 Å². The molecular formula is C14H19F2NO2. The summed E-state index contributed by atoms with van der Waals surface area (Å²) in [5.41, 5.74) is 0.848. The molecule has 0 radical (unpaired) electrons. The molecule has 1 N–H and O–H groups in total. The minimum absolute atomic E-state index is 0.0258. The lowest BCUT2D eigenvalue weighted by atomic mass is 10.0. The van der Waals surface area contributed by atoms with Gasteiger partial charge in [-0.15, -0.1) is 0 Å². The molecule has 0 aliphatic rings. The summed E-state index contributed by atoms with van der Waals surface area (Å²) in [6, 6.07) is 6.24. The quantitative estimate of drug-likeness (QED) is 0.826. The zero-order chi connectivity index (χ0) is 14.3. The van der Waals surface area contributed by atoms with Crippen molar-refractivity contribution in [3.8, 4) is 5.75 Å². The van der Waals surface area contributed by atoms with Gasteiger partial charge in [0.2, 0.25) is 5.91 Å². The van der Waals surface area contributed by atoms with Crippen molar-refractivity contribution in [1.82, 2.24) is 5.32 Å². The number of rotatable bonds is 7. The summed E-state index contributed by atoms with van der Waals surface area (Å²) in [5, 5.41) is 2.83. The van der Waals surface area contributed by atoms with Crippen LogP contribution in [0.3, 0.4) is 0 Å². The second-order valence-corrected chi connectivity index (χ2v) is 4.25. The molecule has 0 aliphatic carbocycles. The Kier molecular flexibility index (Phi) is 6.25. The highest BCUT2D eigenvalue weighted by Gasteiger charge is 2.13. The van der Waals surface area contributed by atoms with E-state index in [4.69, 9.17) is 0 Å². The first-order chi connectivity index (χ1) is 9.06. The number of hydrogen-bond donors (Lipinski definition) is 1. The molecule has 1 aromatic carbocycles. The summed E-state index contributed by atoms with van der Waals surface area (Å²) in [7, 11) is 0. The smallest absolute Gasteiger partial charge is 0.387 e. The van der Waals surface area contributed by atoms with Crippen molar-refractivity contribution < 1.29 is 18.3 Å². The van der Waals surface area contributed by atoms with Gasteiger partial charge < -0.3 is 10.1 Å². The van der Waals surface area contributed by atoms with Crippen molar-refractivity contribution in [3.63, 3.8) is 0 Å². The Bertz CT molecular complexity index is 389. The van der Waals surface area contributed by atoms with Gasteiger partial charge in [-0.05, 0) is 30.5 Å². The van der Waals surface area contributed by atoms with Crippen molar-refractivity contribution in [3.05, 3.63) is 29.8 Å². The molecule has 0 aromatic heterocycles. The van der Waals surface area contributed by atoms with Crippen LogP contribution in [0.4, 0.5) is 8.78 Å². The average Bonchev–Trinajstić information content (AvgIpc) is 2.38. The number of hydrogen-bond acceptors (Lipinski definition) is 2. The van der Waals surface area contributed by atoms with Gasteiger partial charge in [0.25, 0.3) is 0 Å². The third-order valence-electron chi connectivity index (χ3n) is 2.97. The maximum atomic E-state index is 12.0. The molecule has 0 saturated carbocycles. The molecule has 0 bridgehead atoms. The number of alkyl halides is 2. The van der Waals surface area contributed by atoms with Crippen LogP contribution in [0, 0.1) is 5.92 Å². The fourth-order valence-electron chi connectivity index (χ4n) is 1.78. The summed E-state index contributed by atoms with van der Waals surface area (Å²) in [6.07, 6.45) is 1.62. The van der Waals surface area contributed by atoms with E-state index in [-0.39, 0.29) is 17.6 Å². The van der Waals surface area contributed by atoms with Gasteiger partial charge in [-0.1, -0.05) is 26.0 Å². The van der Waals surface area contributed by atoms with Crippen LogP contribution in [0.2, 0.25) is 0 Å². The SMILES string of the molecule is CCC(CC)C(=O)NCc1ccc(OC(F)F)cc1. The number of ether oxygens (including phenoxy) is 1. The fourth-order valence-corrected chi connectivity index (χ4v) is 1.78. The minimum Gasteiger partial charge on any atom is -0.435 e. The Labute approximate surface area is 112 Å². The molecule has 19 heavy (non-hydrogen) atoms. The molecule has 0 unspecified atom stereocenters. The number of nitrogens with one attached hydrogen (secondary N) is 1. The zero-order valence-corrected chi connectivity index (χ0v) is 11.2. The topological polar surface area (TPSA) is 38.3 Å². The molecule has 0 fully saturated rings. The highest BCUT2D eigenvalue weighted by Crippen LogP contribution is 2.15. The number of halogens is 2. The molecular weight excluding hydrogens is 252 g/mol. The van der Waals surface area contributed by atoms with Crippen molar-refractivity contribution in [1.29, 1.82) is 0 Å². The summed E-state index contributed by atoms with van der Waals surface area (Å²) in [5.74, 6) is 0.171. The van der Waals surface area contributed by atoms with Crippen LogP contribution in [-0.4, -0.2) is 12.5 Å². The predicted octanol–water partition coefficient (Wildman–Crippen LogP) is 3.34. The normalized spacial score (nSPS) is 10.8. The lowest BCUT2D eigenvalue weighted by Crippen LogP contribution is -2.29. The highest BCUT2D eigenvalue weighted by atomic mass is 19.3. The third kappa shape index (κ3) is 5.24. The molecule has 0 saturated heterocycles. The Morgan fingerprint density at radius 2 is 1.79 bits per heavy atom. The van der Waals surface area contributed by atoms with Gasteiger partial charge in [0, 0.05) is 12.5 Å². The monoisotopic (exact) mass is 271 g/mol. The number of carbonyl (C=O) groups is 1. The van der Waals surface area contributed by atoms with Crippen molar-refractivity contribution in [2.45, 2.75) is 39.8 Å². The largest absolute Gasteiger partial charge is 0.435 e. The maximum Gasteiger partial charge on any atom is 0.387 e. The second-order valence-electron chi connectivity index (χ2n) is 4.25. The number of carbonyl (C=O) groups excluding carboxylic acids is 1. The van der Waals surface area contributed by atoms with Crippen LogP contribution in [0.5, 0.6) is 5.75 Å². The summed E-state index contributed by atoms with van der Waals surface area (Å²) < 4.78 is 28.2. The van der Waals surface area contributed by atoms with Crippen LogP contribution in [0.25, 0.3) is 0 Å². The molecule has 1 amide bonds. The van der Waals surface area contributed by atoms with Gasteiger partial charge in [-0.2, -0.15) is 8.78 Å². The molecule has 0 heterocycles. The first-order valence-electron chi connectivity index (χ1n) is 6.38. The highest BCUT2D eigenvalue weighted by molar-refractivity contribution is 5.78. The molecule has 0 aliphatic heterocycles. The van der Waals surface area contributed by atoms with E-state index in [2.05, 4.69) is 10.1 Å². The molecule has 3 nitrogen and oxygen atoms in total. The van der Waals surface area contributed by atoms with Crippen LogP contribution < -0.4 is 10.1 Å². The summed E-state index contributed by atoms with van der Waals surface area (Å²) in [6.45, 7) is 1.53. The van der Waals surface area contributed by atoms with Gasteiger partial charge in [0.15, 0.2) is 0 Å². The van der Waals surface area contributed by atoms with E-state index < -0.39 is 6.61 Å². The van der Waals surface area contributed by atoms with Crippen molar-refractivity contribution in [2.75, 3.05) is 0 Å². The van der Waals surface area contributed by atoms with E-state index in [0.717, 1.165) is 18.4 Å². The van der Waals surface area contributed by atoms with Crippen LogP contribution in [0.15, 0.2) is 24.3 Å². The fraction of sp³-hybridized carbons (Fsp3) is 0.500. The van der Waals surface area contributed by atoms with Crippen LogP contribution in [0.1, 0.15) is 32.3 Å². The predicted molar refractivity (Wildman–Crippen MR) is 69.0 cm³/mol. The number of benzene rings is 1. The molecule has 106 valence electrons. The van der Waals surface area contributed by atoms with E-state index in [1.165, 1.54) is 12.1 Å². The standard InChI is InChI=1S/C14H19F2NO2/c1-3-11(4-2)13(18)17-9-10-5-7-12(8-6-10)19-14(15)16/h5-8,11,14H,3-4,9H2,1-2H3,(H,17,18). The van der Waals surface area contributed by atoms with Gasteiger partial charge in [-0.25, -0.2) is 0 Å². The Hall–Kier alpha value is -1.65. The Morgan fingerprint density at radius 3 is 2.26 bits per heavy atom. The number of amides is 1. The summed E-state index contributed by atoms with van der Waals surface area (Å²) in [4.78, 5) is 11.8. The molecule has 0 atom stereocenters. The summed E-state index contributed by atoms with van der Waals surface area (Å²) >= 11 is 0. The van der Waals surface area contributed by atoms with E-state index in [1.54, 1.807) is 12.1 Å². The average molecular weight is 271 g/mol. The van der Waals surface area contributed by atoms with E-state index in [1.807, 2.05) is 13.8 Å². The van der Waals surface area contributed by atoms with Crippen LogP contribution in [-0.2, 0) is 11.3 Å². The minimum atomic E-state index is -2.82. The molecule has 1 rings (SSSR count). The molecule has 0 spiro atoms. The lowest BCUT2D eigenvalue weighted by Gasteiger charge is -2.13. The van der Waals surface area contributed by atoms with Gasteiger partial charge in [0.1, 0.15) is 5.75 Å².